The number of carbonyl (C=O) groups is 2. The van der Waals surface area contributed by atoms with Crippen molar-refractivity contribution in [3.8, 4) is 0 Å². The minimum Gasteiger partial charge on any atom is -0.394 e. The molecule has 0 fully saturated rings. The van der Waals surface area contributed by atoms with Crippen LogP contribution in [0.2, 0.25) is 0 Å². The molecule has 0 radical (unpaired) electrons. The van der Waals surface area contributed by atoms with Gasteiger partial charge in [0.05, 0.1) is 18.1 Å². The zero-order valence-electron chi connectivity index (χ0n) is 12.7. The van der Waals surface area contributed by atoms with Gasteiger partial charge in [0.2, 0.25) is 5.91 Å². The molecule has 4 heteroatoms. The summed E-state index contributed by atoms with van der Waals surface area (Å²) in [5.74, 6) is -0.297. The van der Waals surface area contributed by atoms with Gasteiger partial charge < -0.3 is 10.4 Å². The fourth-order valence-electron chi connectivity index (χ4n) is 3.01. The summed E-state index contributed by atoms with van der Waals surface area (Å²) in [7, 11) is 0. The van der Waals surface area contributed by atoms with Gasteiger partial charge in [-0.25, -0.2) is 0 Å². The summed E-state index contributed by atoms with van der Waals surface area (Å²) >= 11 is 0. The van der Waals surface area contributed by atoms with Crippen LogP contribution in [0.1, 0.15) is 61.4 Å². The highest BCUT2D eigenvalue weighted by atomic mass is 16.3. The fraction of sp³-hybridized carbons (Fsp3) is 0.529. The Hall–Kier alpha value is -1.68. The van der Waals surface area contributed by atoms with Gasteiger partial charge in [-0.1, -0.05) is 37.6 Å². The van der Waals surface area contributed by atoms with Crippen LogP contribution in [0.15, 0.2) is 24.3 Å². The van der Waals surface area contributed by atoms with E-state index in [0.717, 1.165) is 18.4 Å². The van der Waals surface area contributed by atoms with Gasteiger partial charge in [0.25, 0.3) is 0 Å². The smallest absolute Gasteiger partial charge is 0.228 e. The second kappa shape index (κ2) is 6.39. The largest absolute Gasteiger partial charge is 0.394 e. The second-order valence-electron chi connectivity index (χ2n) is 6.06. The molecule has 1 aromatic carbocycles. The number of nitrogens with one attached hydrogen (secondary N) is 1. The van der Waals surface area contributed by atoms with E-state index in [1.165, 1.54) is 0 Å². The molecule has 0 spiro atoms. The molecule has 1 aliphatic carbocycles. The molecular weight excluding hydrogens is 266 g/mol. The van der Waals surface area contributed by atoms with Crippen molar-refractivity contribution in [1.82, 2.24) is 5.32 Å². The third-order valence-corrected chi connectivity index (χ3v) is 4.19. The molecule has 21 heavy (non-hydrogen) atoms. The van der Waals surface area contributed by atoms with E-state index < -0.39 is 5.54 Å². The van der Waals surface area contributed by atoms with Crippen LogP contribution >= 0.6 is 0 Å². The van der Waals surface area contributed by atoms with Gasteiger partial charge in [-0.3, -0.25) is 9.59 Å². The summed E-state index contributed by atoms with van der Waals surface area (Å²) in [6.07, 6.45) is 2.55. The van der Waals surface area contributed by atoms with Gasteiger partial charge in [-0.2, -0.15) is 0 Å². The van der Waals surface area contributed by atoms with Crippen LogP contribution in [0.4, 0.5) is 0 Å². The maximum absolute atomic E-state index is 12.6. The summed E-state index contributed by atoms with van der Waals surface area (Å²) in [5.41, 5.74) is 0.871. The van der Waals surface area contributed by atoms with E-state index in [1.807, 2.05) is 32.0 Å². The summed E-state index contributed by atoms with van der Waals surface area (Å²) in [6.45, 7) is 3.79. The van der Waals surface area contributed by atoms with Crippen LogP contribution in [0.3, 0.4) is 0 Å². The number of benzene rings is 1. The summed E-state index contributed by atoms with van der Waals surface area (Å²) < 4.78 is 0. The number of carbonyl (C=O) groups excluding carboxylic acids is 2. The summed E-state index contributed by atoms with van der Waals surface area (Å²) in [6, 6.07) is 7.32. The van der Waals surface area contributed by atoms with Crippen LogP contribution in [0.25, 0.3) is 0 Å². The van der Waals surface area contributed by atoms with Crippen LogP contribution in [0.5, 0.6) is 0 Å². The van der Waals surface area contributed by atoms with Crippen molar-refractivity contribution >= 4 is 11.7 Å². The highest BCUT2D eigenvalue weighted by Gasteiger charge is 2.33. The number of amides is 1. The van der Waals surface area contributed by atoms with Crippen LogP contribution in [0, 0.1) is 0 Å². The maximum Gasteiger partial charge on any atom is 0.228 e. The van der Waals surface area contributed by atoms with E-state index in [0.29, 0.717) is 18.4 Å². The highest BCUT2D eigenvalue weighted by Crippen LogP contribution is 2.32. The molecule has 0 heterocycles. The SMILES string of the molecule is CCC[C@](C)(CO)NC(=O)[C@H]1CCC(=O)c2ccccc21. The number of aliphatic hydroxyl groups is 1. The molecule has 4 nitrogen and oxygen atoms in total. The molecule has 114 valence electrons. The van der Waals surface area contributed by atoms with E-state index in [1.54, 1.807) is 6.07 Å². The van der Waals surface area contributed by atoms with Crippen molar-refractivity contribution < 1.29 is 14.7 Å². The van der Waals surface area contributed by atoms with Crippen molar-refractivity contribution in [3.05, 3.63) is 35.4 Å². The molecule has 2 rings (SSSR count). The minimum atomic E-state index is -0.595. The van der Waals surface area contributed by atoms with E-state index in [2.05, 4.69) is 5.32 Å². The molecule has 1 amide bonds. The topological polar surface area (TPSA) is 66.4 Å². The minimum absolute atomic E-state index is 0.0835. The third kappa shape index (κ3) is 3.32. The van der Waals surface area contributed by atoms with Crippen LogP contribution in [-0.4, -0.2) is 28.9 Å². The number of fused-ring (bicyclic) bond motifs is 1. The molecule has 2 N–H and O–H groups in total. The number of hydrogen-bond acceptors (Lipinski definition) is 3. The van der Waals surface area contributed by atoms with Crippen molar-refractivity contribution in [1.29, 1.82) is 0 Å². The second-order valence-corrected chi connectivity index (χ2v) is 6.06. The lowest BCUT2D eigenvalue weighted by atomic mass is 9.81. The monoisotopic (exact) mass is 289 g/mol. The van der Waals surface area contributed by atoms with E-state index in [9.17, 15) is 14.7 Å². The Kier molecular flexibility index (Phi) is 4.78. The molecule has 2 atom stereocenters. The van der Waals surface area contributed by atoms with Gasteiger partial charge in [0.15, 0.2) is 5.78 Å². The molecule has 1 aromatic rings. The predicted molar refractivity (Wildman–Crippen MR) is 81.3 cm³/mol. The zero-order chi connectivity index (χ0) is 15.5. The van der Waals surface area contributed by atoms with Crippen LogP contribution < -0.4 is 5.32 Å². The van der Waals surface area contributed by atoms with E-state index in [-0.39, 0.29) is 24.2 Å². The first-order valence-corrected chi connectivity index (χ1v) is 7.56. The van der Waals surface area contributed by atoms with Gasteiger partial charge in [0, 0.05) is 12.0 Å². The molecule has 0 aliphatic heterocycles. The zero-order valence-corrected chi connectivity index (χ0v) is 12.7. The number of aliphatic hydroxyl groups excluding tert-OH is 1. The Morgan fingerprint density at radius 2 is 2.14 bits per heavy atom. The first-order chi connectivity index (χ1) is 10.0. The Morgan fingerprint density at radius 3 is 2.81 bits per heavy atom. The predicted octanol–water partition coefficient (Wildman–Crippen LogP) is 2.41. The Morgan fingerprint density at radius 1 is 1.43 bits per heavy atom. The van der Waals surface area contributed by atoms with Crippen molar-refractivity contribution in [2.45, 2.75) is 51.0 Å². The lowest BCUT2D eigenvalue weighted by Gasteiger charge is -2.32. The molecule has 0 aromatic heterocycles. The number of rotatable bonds is 5. The van der Waals surface area contributed by atoms with Crippen molar-refractivity contribution in [2.75, 3.05) is 6.61 Å². The molecule has 0 bridgehead atoms. The van der Waals surface area contributed by atoms with Gasteiger partial charge in [-0.15, -0.1) is 0 Å². The molecule has 0 saturated carbocycles. The molecule has 0 unspecified atom stereocenters. The normalized spacial score (nSPS) is 20.5. The number of hydrogen-bond donors (Lipinski definition) is 2. The number of ketones is 1. The van der Waals surface area contributed by atoms with E-state index in [4.69, 9.17) is 0 Å². The summed E-state index contributed by atoms with van der Waals surface area (Å²) in [4.78, 5) is 24.5. The lowest BCUT2D eigenvalue weighted by molar-refractivity contribution is -0.125. The molecule has 0 saturated heterocycles. The van der Waals surface area contributed by atoms with Gasteiger partial charge >= 0.3 is 0 Å². The first kappa shape index (κ1) is 15.7. The number of Topliss-reactive ketones (excluding diaryl/α,β-unsaturated/α-hetero) is 1. The molecule has 1 aliphatic rings. The Balaban J connectivity index is 2.21. The van der Waals surface area contributed by atoms with Crippen molar-refractivity contribution in [3.63, 3.8) is 0 Å². The lowest BCUT2D eigenvalue weighted by Crippen LogP contribution is -2.50. The van der Waals surface area contributed by atoms with Gasteiger partial charge in [-0.05, 0) is 25.3 Å². The average Bonchev–Trinajstić information content (AvgIpc) is 2.48. The maximum atomic E-state index is 12.6. The molecular formula is C17H23NO3. The third-order valence-electron chi connectivity index (χ3n) is 4.19. The standard InChI is InChI=1S/C17H23NO3/c1-3-10-17(2,11-19)18-16(21)14-8-9-15(20)13-7-5-4-6-12(13)14/h4-7,14,19H,3,8-11H2,1-2H3,(H,18,21)/t14-,17+/m0/s1. The quantitative estimate of drug-likeness (QED) is 0.875. The Bertz CT molecular complexity index is 541. The fourth-order valence-corrected chi connectivity index (χ4v) is 3.01. The summed E-state index contributed by atoms with van der Waals surface area (Å²) in [5, 5.41) is 12.5. The van der Waals surface area contributed by atoms with Crippen molar-refractivity contribution in [2.24, 2.45) is 0 Å². The van der Waals surface area contributed by atoms with E-state index >= 15 is 0 Å². The first-order valence-electron chi connectivity index (χ1n) is 7.56. The Labute approximate surface area is 125 Å². The van der Waals surface area contributed by atoms with Crippen LogP contribution in [-0.2, 0) is 4.79 Å². The highest BCUT2D eigenvalue weighted by molar-refractivity contribution is 6.01. The van der Waals surface area contributed by atoms with Gasteiger partial charge in [0.1, 0.15) is 0 Å². The average molecular weight is 289 g/mol.